The summed E-state index contributed by atoms with van der Waals surface area (Å²) in [5.41, 5.74) is 0.174. The maximum Gasteiger partial charge on any atom is 0.434 e. The van der Waals surface area contributed by atoms with Crippen molar-refractivity contribution in [1.82, 2.24) is 15.6 Å². The maximum atomic E-state index is 12.6. The number of rotatable bonds is 8. The van der Waals surface area contributed by atoms with Gasteiger partial charge in [-0.15, -0.1) is 11.3 Å². The highest BCUT2D eigenvalue weighted by Crippen LogP contribution is 2.30. The van der Waals surface area contributed by atoms with Crippen LogP contribution in [0, 0.1) is 0 Å². The van der Waals surface area contributed by atoms with E-state index in [0.717, 1.165) is 40.9 Å². The zero-order valence-electron chi connectivity index (χ0n) is 16.3. The zero-order valence-corrected chi connectivity index (χ0v) is 17.1. The van der Waals surface area contributed by atoms with Crippen LogP contribution in [-0.2, 0) is 19.1 Å². The van der Waals surface area contributed by atoms with E-state index < -0.39 is 11.9 Å². The molecule has 0 bridgehead atoms. The van der Waals surface area contributed by atoms with Crippen molar-refractivity contribution < 1.29 is 17.9 Å². The topological polar surface area (TPSA) is 58.5 Å². The standard InChI is InChI=1S/C20H25F3N4OS/c1-2-24-19(25-11-10-18-27-17(13-29-18)20(21,22)23)26-12-14-6-3-4-9-16(14)28-15-7-5-8-15/h3-4,6,9,13,15H,2,5,7-8,10-12H2,1H3,(H2,24,25,26). The molecule has 1 heterocycles. The highest BCUT2D eigenvalue weighted by atomic mass is 32.1. The van der Waals surface area contributed by atoms with E-state index in [1.165, 1.54) is 6.42 Å². The van der Waals surface area contributed by atoms with E-state index in [4.69, 9.17) is 4.74 Å². The quantitative estimate of drug-likeness (QED) is 0.486. The fourth-order valence-corrected chi connectivity index (χ4v) is 3.57. The van der Waals surface area contributed by atoms with E-state index in [2.05, 4.69) is 20.6 Å². The molecule has 1 aliphatic rings. The number of benzene rings is 1. The third kappa shape index (κ3) is 6.35. The van der Waals surface area contributed by atoms with Gasteiger partial charge in [-0.2, -0.15) is 13.2 Å². The molecule has 158 valence electrons. The van der Waals surface area contributed by atoms with Crippen molar-refractivity contribution in [2.45, 2.75) is 51.4 Å². The number of hydrogen-bond donors (Lipinski definition) is 2. The summed E-state index contributed by atoms with van der Waals surface area (Å²) < 4.78 is 44.0. The van der Waals surface area contributed by atoms with Gasteiger partial charge in [-0.3, -0.25) is 0 Å². The van der Waals surface area contributed by atoms with Gasteiger partial charge in [0.15, 0.2) is 11.7 Å². The van der Waals surface area contributed by atoms with Crippen LogP contribution in [0.3, 0.4) is 0 Å². The maximum absolute atomic E-state index is 12.6. The zero-order chi connectivity index (χ0) is 20.7. The lowest BCUT2D eigenvalue weighted by atomic mass is 9.96. The molecule has 2 N–H and O–H groups in total. The lowest BCUT2D eigenvalue weighted by Gasteiger charge is -2.27. The molecule has 0 atom stereocenters. The molecule has 0 aliphatic heterocycles. The predicted molar refractivity (Wildman–Crippen MR) is 108 cm³/mol. The highest BCUT2D eigenvalue weighted by Gasteiger charge is 2.33. The Kier molecular flexibility index (Phi) is 7.35. The van der Waals surface area contributed by atoms with Crippen LogP contribution >= 0.6 is 11.3 Å². The molecule has 5 nitrogen and oxygen atoms in total. The second kappa shape index (κ2) is 9.96. The number of thiazole rings is 1. The fourth-order valence-electron chi connectivity index (χ4n) is 2.77. The monoisotopic (exact) mass is 426 g/mol. The van der Waals surface area contributed by atoms with E-state index >= 15 is 0 Å². The van der Waals surface area contributed by atoms with E-state index in [1.54, 1.807) is 0 Å². The summed E-state index contributed by atoms with van der Waals surface area (Å²) >= 11 is 1.02. The normalized spacial score (nSPS) is 15.1. The van der Waals surface area contributed by atoms with Crippen LogP contribution in [-0.4, -0.2) is 30.1 Å². The first-order valence-corrected chi connectivity index (χ1v) is 10.6. The SMILES string of the molecule is CCNC(=NCc1ccccc1OC1CCC1)NCCc1nc(C(F)(F)F)cs1. The second-order valence-corrected chi connectivity index (χ2v) is 7.72. The van der Waals surface area contributed by atoms with Gasteiger partial charge < -0.3 is 15.4 Å². The number of hydrogen-bond acceptors (Lipinski definition) is 4. The number of aromatic nitrogens is 1. The van der Waals surface area contributed by atoms with Crippen molar-refractivity contribution in [3.8, 4) is 5.75 Å². The average molecular weight is 427 g/mol. The van der Waals surface area contributed by atoms with Crippen molar-refractivity contribution in [1.29, 1.82) is 0 Å². The molecule has 2 aromatic rings. The number of para-hydroxylation sites is 1. The smallest absolute Gasteiger partial charge is 0.434 e. The Morgan fingerprint density at radius 3 is 2.72 bits per heavy atom. The molecule has 1 aliphatic carbocycles. The molecular weight excluding hydrogens is 401 g/mol. The van der Waals surface area contributed by atoms with E-state index in [0.29, 0.717) is 43.1 Å². The molecular formula is C20H25F3N4OS. The molecule has 1 aromatic heterocycles. The van der Waals surface area contributed by atoms with Crippen molar-refractivity contribution >= 4 is 17.3 Å². The Labute approximate surface area is 172 Å². The van der Waals surface area contributed by atoms with Crippen molar-refractivity contribution in [3.63, 3.8) is 0 Å². The molecule has 1 aromatic carbocycles. The summed E-state index contributed by atoms with van der Waals surface area (Å²) in [6.07, 6.45) is -0.307. The summed E-state index contributed by atoms with van der Waals surface area (Å²) in [7, 11) is 0. The van der Waals surface area contributed by atoms with Crippen LogP contribution in [0.5, 0.6) is 5.75 Å². The molecule has 1 fully saturated rings. The number of nitrogens with one attached hydrogen (secondary N) is 2. The first kappa shape index (κ1) is 21.4. The number of halogens is 3. The van der Waals surface area contributed by atoms with E-state index in [1.807, 2.05) is 31.2 Å². The molecule has 1 saturated carbocycles. The van der Waals surface area contributed by atoms with Crippen molar-refractivity contribution in [2.24, 2.45) is 4.99 Å². The van der Waals surface area contributed by atoms with Gasteiger partial charge in [0, 0.05) is 30.5 Å². The molecule has 0 unspecified atom stereocenters. The first-order valence-electron chi connectivity index (χ1n) is 9.74. The molecule has 0 radical (unpaired) electrons. The van der Waals surface area contributed by atoms with Crippen LogP contribution in [0.4, 0.5) is 13.2 Å². The average Bonchev–Trinajstić information content (AvgIpc) is 3.13. The number of guanidine groups is 1. The lowest BCUT2D eigenvalue weighted by Crippen LogP contribution is -2.38. The van der Waals surface area contributed by atoms with Gasteiger partial charge >= 0.3 is 6.18 Å². The summed E-state index contributed by atoms with van der Waals surface area (Å²) in [5, 5.41) is 7.80. The van der Waals surface area contributed by atoms with Gasteiger partial charge in [0.1, 0.15) is 5.75 Å². The van der Waals surface area contributed by atoms with Gasteiger partial charge in [-0.25, -0.2) is 9.98 Å². The van der Waals surface area contributed by atoms with Crippen LogP contribution in [0.25, 0.3) is 0 Å². The number of aliphatic imine (C=N–C) groups is 1. The molecule has 0 spiro atoms. The Balaban J connectivity index is 1.55. The summed E-state index contributed by atoms with van der Waals surface area (Å²) in [4.78, 5) is 8.24. The third-order valence-corrected chi connectivity index (χ3v) is 5.45. The highest BCUT2D eigenvalue weighted by molar-refractivity contribution is 7.09. The van der Waals surface area contributed by atoms with Crippen molar-refractivity contribution in [2.75, 3.05) is 13.1 Å². The summed E-state index contributed by atoms with van der Waals surface area (Å²) in [5.74, 6) is 1.47. The number of ether oxygens (including phenoxy) is 1. The molecule has 0 amide bonds. The lowest BCUT2D eigenvalue weighted by molar-refractivity contribution is -0.140. The minimum atomic E-state index is -4.40. The van der Waals surface area contributed by atoms with E-state index in [-0.39, 0.29) is 0 Å². The van der Waals surface area contributed by atoms with Gasteiger partial charge in [-0.1, -0.05) is 18.2 Å². The molecule has 9 heteroatoms. The van der Waals surface area contributed by atoms with Gasteiger partial charge in [-0.05, 0) is 32.3 Å². The third-order valence-electron chi connectivity index (χ3n) is 4.54. The Hall–Kier alpha value is -2.29. The van der Waals surface area contributed by atoms with Crippen molar-refractivity contribution in [3.05, 3.63) is 45.9 Å². The second-order valence-electron chi connectivity index (χ2n) is 6.77. The summed E-state index contributed by atoms with van der Waals surface area (Å²) in [6, 6.07) is 7.87. The molecule has 29 heavy (non-hydrogen) atoms. The molecule has 0 saturated heterocycles. The van der Waals surface area contributed by atoms with Crippen LogP contribution < -0.4 is 15.4 Å². The van der Waals surface area contributed by atoms with Crippen LogP contribution in [0.2, 0.25) is 0 Å². The first-order chi connectivity index (χ1) is 14.0. The Morgan fingerprint density at radius 2 is 2.07 bits per heavy atom. The van der Waals surface area contributed by atoms with Gasteiger partial charge in [0.25, 0.3) is 0 Å². The van der Waals surface area contributed by atoms with Crippen LogP contribution in [0.1, 0.15) is 42.5 Å². The fraction of sp³-hybridized carbons (Fsp3) is 0.500. The Morgan fingerprint density at radius 1 is 1.28 bits per heavy atom. The largest absolute Gasteiger partial charge is 0.490 e. The minimum absolute atomic E-state index is 0.298. The van der Waals surface area contributed by atoms with Crippen LogP contribution in [0.15, 0.2) is 34.6 Å². The summed E-state index contributed by atoms with van der Waals surface area (Å²) in [6.45, 7) is 3.54. The number of alkyl halides is 3. The van der Waals surface area contributed by atoms with Gasteiger partial charge in [0.05, 0.1) is 17.7 Å². The van der Waals surface area contributed by atoms with Gasteiger partial charge in [0.2, 0.25) is 0 Å². The molecule has 3 rings (SSSR count). The van der Waals surface area contributed by atoms with E-state index in [9.17, 15) is 13.2 Å². The Bertz CT molecular complexity index is 818. The predicted octanol–water partition coefficient (Wildman–Crippen LogP) is 4.39. The minimum Gasteiger partial charge on any atom is -0.490 e. The number of nitrogens with zero attached hydrogens (tertiary/aromatic N) is 2.